The summed E-state index contributed by atoms with van der Waals surface area (Å²) in [4.78, 5) is 15.4. The van der Waals surface area contributed by atoms with Crippen LogP contribution >= 0.6 is 0 Å². The van der Waals surface area contributed by atoms with Crippen LogP contribution in [0.1, 0.15) is 38.1 Å². The van der Waals surface area contributed by atoms with Gasteiger partial charge in [-0.3, -0.25) is 4.79 Å². The zero-order valence-electron chi connectivity index (χ0n) is 9.77. The van der Waals surface area contributed by atoms with E-state index < -0.39 is 0 Å². The Morgan fingerprint density at radius 2 is 2.19 bits per heavy atom. The van der Waals surface area contributed by atoms with E-state index in [9.17, 15) is 4.79 Å². The Hall–Kier alpha value is -1.71. The predicted molar refractivity (Wildman–Crippen MR) is 61.5 cm³/mol. The van der Waals surface area contributed by atoms with Crippen molar-refractivity contribution >= 4 is 11.4 Å². The highest BCUT2D eigenvalue weighted by atomic mass is 16.1. The lowest BCUT2D eigenvalue weighted by atomic mass is 10.1. The van der Waals surface area contributed by atoms with Gasteiger partial charge in [0.05, 0.1) is 0 Å². The Morgan fingerprint density at radius 3 is 2.81 bits per heavy atom. The molecule has 2 rings (SSSR count). The number of fused-ring (bicyclic) bond motifs is 1. The molecule has 4 nitrogen and oxygen atoms in total. The van der Waals surface area contributed by atoms with Gasteiger partial charge < -0.3 is 0 Å². The fourth-order valence-corrected chi connectivity index (χ4v) is 1.58. The van der Waals surface area contributed by atoms with E-state index in [2.05, 4.69) is 23.9 Å². The lowest BCUT2D eigenvalue weighted by Crippen LogP contribution is -1.99. The molecule has 0 unspecified atom stereocenters. The second-order valence-electron chi connectivity index (χ2n) is 4.34. The van der Waals surface area contributed by atoms with Gasteiger partial charge in [0.25, 0.3) is 0 Å². The molecule has 0 aliphatic rings. The summed E-state index contributed by atoms with van der Waals surface area (Å²) in [5, 5.41) is 4.37. The first kappa shape index (κ1) is 10.8. The molecule has 4 heteroatoms. The minimum absolute atomic E-state index is 0.156. The summed E-state index contributed by atoms with van der Waals surface area (Å²) < 4.78 is 1.74. The van der Waals surface area contributed by atoms with Gasteiger partial charge in [0.2, 0.25) is 0 Å². The molecule has 0 spiro atoms. The van der Waals surface area contributed by atoms with E-state index in [1.54, 1.807) is 11.4 Å². The maximum atomic E-state index is 11.0. The van der Waals surface area contributed by atoms with E-state index in [4.69, 9.17) is 0 Å². The van der Waals surface area contributed by atoms with Crippen molar-refractivity contribution in [2.45, 2.75) is 33.1 Å². The number of Topliss-reactive ketones (excluding diaryl/α,β-unsaturated/α-hetero) is 1. The van der Waals surface area contributed by atoms with E-state index in [-0.39, 0.29) is 5.78 Å². The minimum Gasteiger partial charge on any atom is -0.300 e. The van der Waals surface area contributed by atoms with Crippen molar-refractivity contribution in [1.29, 1.82) is 0 Å². The van der Waals surface area contributed by atoms with Crippen LogP contribution in [0.4, 0.5) is 0 Å². The van der Waals surface area contributed by atoms with E-state index in [1.165, 1.54) is 0 Å². The summed E-state index contributed by atoms with van der Waals surface area (Å²) >= 11 is 0. The highest BCUT2D eigenvalue weighted by molar-refractivity contribution is 5.78. The van der Waals surface area contributed by atoms with Gasteiger partial charge in [-0.2, -0.15) is 5.10 Å². The number of pyridine rings is 1. The third kappa shape index (κ3) is 2.10. The highest BCUT2D eigenvalue weighted by Gasteiger charge is 2.07. The third-order valence-corrected chi connectivity index (χ3v) is 2.38. The van der Waals surface area contributed by atoms with Gasteiger partial charge in [0.15, 0.2) is 11.5 Å². The molecule has 2 aromatic rings. The zero-order chi connectivity index (χ0) is 11.7. The molecular formula is C12H15N3O. The molecule has 84 valence electrons. The largest absolute Gasteiger partial charge is 0.300 e. The van der Waals surface area contributed by atoms with Crippen LogP contribution in [0.15, 0.2) is 18.3 Å². The second kappa shape index (κ2) is 4.04. The first-order valence-corrected chi connectivity index (χ1v) is 5.41. The van der Waals surface area contributed by atoms with E-state index in [1.807, 2.05) is 18.3 Å². The van der Waals surface area contributed by atoms with Gasteiger partial charge in [0, 0.05) is 18.5 Å². The van der Waals surface area contributed by atoms with Crippen LogP contribution in [-0.4, -0.2) is 20.4 Å². The Labute approximate surface area is 94.3 Å². The SMILES string of the molecule is CC(=O)Cc1ccc2nc(C(C)C)nn2c1. The Morgan fingerprint density at radius 1 is 1.44 bits per heavy atom. The molecule has 0 aliphatic heterocycles. The summed E-state index contributed by atoms with van der Waals surface area (Å²) in [7, 11) is 0. The van der Waals surface area contributed by atoms with Crippen LogP contribution in [-0.2, 0) is 11.2 Å². The van der Waals surface area contributed by atoms with Crippen LogP contribution in [0.25, 0.3) is 5.65 Å². The van der Waals surface area contributed by atoms with Crippen molar-refractivity contribution in [2.24, 2.45) is 0 Å². The van der Waals surface area contributed by atoms with Crippen LogP contribution in [0.2, 0.25) is 0 Å². The van der Waals surface area contributed by atoms with Crippen molar-refractivity contribution in [3.8, 4) is 0 Å². The van der Waals surface area contributed by atoms with Crippen molar-refractivity contribution < 1.29 is 4.79 Å². The van der Waals surface area contributed by atoms with E-state index in [0.717, 1.165) is 17.0 Å². The molecule has 16 heavy (non-hydrogen) atoms. The smallest absolute Gasteiger partial charge is 0.155 e. The molecule has 2 aromatic heterocycles. The molecule has 0 fully saturated rings. The maximum absolute atomic E-state index is 11.0. The normalized spacial score (nSPS) is 11.2. The predicted octanol–water partition coefficient (Wildman–Crippen LogP) is 1.98. The molecule has 0 radical (unpaired) electrons. The molecular weight excluding hydrogens is 202 g/mol. The second-order valence-corrected chi connectivity index (χ2v) is 4.34. The number of carbonyl (C=O) groups is 1. The van der Waals surface area contributed by atoms with Gasteiger partial charge in [0.1, 0.15) is 5.78 Å². The number of carbonyl (C=O) groups excluding carboxylic acids is 1. The summed E-state index contributed by atoms with van der Waals surface area (Å²) in [6.07, 6.45) is 2.32. The molecule has 0 aliphatic carbocycles. The summed E-state index contributed by atoms with van der Waals surface area (Å²) in [5.74, 6) is 1.31. The lowest BCUT2D eigenvalue weighted by molar-refractivity contribution is -0.116. The average molecular weight is 217 g/mol. The van der Waals surface area contributed by atoms with Crippen LogP contribution in [0, 0.1) is 0 Å². The Balaban J connectivity index is 2.41. The van der Waals surface area contributed by atoms with Crippen molar-refractivity contribution in [2.75, 3.05) is 0 Å². The molecule has 0 N–H and O–H groups in total. The number of hydrogen-bond donors (Lipinski definition) is 0. The van der Waals surface area contributed by atoms with E-state index >= 15 is 0 Å². The molecule has 0 amide bonds. The molecule has 0 aromatic carbocycles. The number of rotatable bonds is 3. The van der Waals surface area contributed by atoms with Gasteiger partial charge in [-0.1, -0.05) is 19.9 Å². The third-order valence-electron chi connectivity index (χ3n) is 2.38. The maximum Gasteiger partial charge on any atom is 0.155 e. The van der Waals surface area contributed by atoms with Crippen molar-refractivity contribution in [1.82, 2.24) is 14.6 Å². The summed E-state index contributed by atoms with van der Waals surface area (Å²) in [5.41, 5.74) is 1.80. The number of nitrogens with zero attached hydrogens (tertiary/aromatic N) is 3. The van der Waals surface area contributed by atoms with Crippen LogP contribution < -0.4 is 0 Å². The Bertz CT molecular complexity index is 528. The minimum atomic E-state index is 0.156. The first-order chi connectivity index (χ1) is 7.56. The van der Waals surface area contributed by atoms with Crippen molar-refractivity contribution in [3.63, 3.8) is 0 Å². The number of hydrogen-bond acceptors (Lipinski definition) is 3. The molecule has 0 atom stereocenters. The van der Waals surface area contributed by atoms with E-state index in [0.29, 0.717) is 12.3 Å². The highest BCUT2D eigenvalue weighted by Crippen LogP contribution is 2.12. The quantitative estimate of drug-likeness (QED) is 0.789. The topological polar surface area (TPSA) is 47.3 Å². The lowest BCUT2D eigenvalue weighted by Gasteiger charge is -1.97. The van der Waals surface area contributed by atoms with Gasteiger partial charge in [-0.25, -0.2) is 9.50 Å². The Kier molecular flexibility index (Phi) is 2.73. The van der Waals surface area contributed by atoms with Crippen molar-refractivity contribution in [3.05, 3.63) is 29.7 Å². The fraction of sp³-hybridized carbons (Fsp3) is 0.417. The first-order valence-electron chi connectivity index (χ1n) is 5.41. The standard InChI is InChI=1S/C12H15N3O/c1-8(2)12-13-11-5-4-10(6-9(3)16)7-15(11)14-12/h4-5,7-8H,6H2,1-3H3. The fourth-order valence-electron chi connectivity index (χ4n) is 1.58. The molecule has 0 bridgehead atoms. The monoisotopic (exact) mass is 217 g/mol. The number of ketones is 1. The summed E-state index contributed by atoms with van der Waals surface area (Å²) in [6, 6.07) is 3.83. The van der Waals surface area contributed by atoms with Crippen LogP contribution in [0.3, 0.4) is 0 Å². The average Bonchev–Trinajstić information content (AvgIpc) is 2.59. The van der Waals surface area contributed by atoms with Gasteiger partial charge in [-0.15, -0.1) is 0 Å². The number of aromatic nitrogens is 3. The molecule has 2 heterocycles. The van der Waals surface area contributed by atoms with Gasteiger partial charge in [-0.05, 0) is 18.6 Å². The van der Waals surface area contributed by atoms with Crippen LogP contribution in [0.5, 0.6) is 0 Å². The van der Waals surface area contributed by atoms with Gasteiger partial charge >= 0.3 is 0 Å². The molecule has 0 saturated heterocycles. The molecule has 0 saturated carbocycles. The zero-order valence-corrected chi connectivity index (χ0v) is 9.77. The summed E-state index contributed by atoms with van der Waals surface area (Å²) in [6.45, 7) is 5.71.